The Labute approximate surface area is 107 Å². The van der Waals surface area contributed by atoms with Gasteiger partial charge in [0.15, 0.2) is 0 Å². The van der Waals surface area contributed by atoms with Gasteiger partial charge in [-0.3, -0.25) is 14.4 Å². The van der Waals surface area contributed by atoms with Crippen LogP contribution >= 0.6 is 0 Å². The fraction of sp³-hybridized carbons (Fsp3) is 0.643. The minimum Gasteiger partial charge on any atom is -0.466 e. The molecule has 0 radical (unpaired) electrons. The molecule has 0 aliphatic carbocycles. The van der Waals surface area contributed by atoms with Gasteiger partial charge in [0.05, 0.1) is 6.61 Å². The number of hydrogen-bond donors (Lipinski definition) is 0. The van der Waals surface area contributed by atoms with Crippen LogP contribution in [0.4, 0.5) is 0 Å². The average Bonchev–Trinajstić information content (AvgIpc) is 2.25. The summed E-state index contributed by atoms with van der Waals surface area (Å²) in [7, 11) is 0. The molecule has 0 aromatic heterocycles. The summed E-state index contributed by atoms with van der Waals surface area (Å²) in [5.41, 5.74) is 0.162. The standard InChI is InChI=1S/C14H20O4/c1-5-18-10(15)8-6-7-9-11(14(2,3)4)13(17)12(9)16/h5-8H2,1-4H3. The van der Waals surface area contributed by atoms with Gasteiger partial charge in [0.1, 0.15) is 0 Å². The van der Waals surface area contributed by atoms with Gasteiger partial charge in [0.2, 0.25) is 10.9 Å². The Morgan fingerprint density at radius 1 is 1.17 bits per heavy atom. The first kappa shape index (κ1) is 14.6. The normalized spacial score (nSPS) is 11.8. The molecule has 0 heterocycles. The van der Waals surface area contributed by atoms with Crippen LogP contribution in [0.15, 0.2) is 9.59 Å². The monoisotopic (exact) mass is 252 g/mol. The zero-order valence-electron chi connectivity index (χ0n) is 11.5. The lowest BCUT2D eigenvalue weighted by atomic mass is 9.78. The van der Waals surface area contributed by atoms with E-state index in [1.54, 1.807) is 6.92 Å². The quantitative estimate of drug-likeness (QED) is 0.588. The Bertz CT molecular complexity index is 498. The molecule has 0 amide bonds. The van der Waals surface area contributed by atoms with Crippen molar-refractivity contribution in [2.75, 3.05) is 6.61 Å². The highest BCUT2D eigenvalue weighted by molar-refractivity contribution is 5.69. The molecule has 0 unspecified atom stereocenters. The van der Waals surface area contributed by atoms with Crippen molar-refractivity contribution in [1.82, 2.24) is 0 Å². The zero-order valence-corrected chi connectivity index (χ0v) is 11.5. The van der Waals surface area contributed by atoms with Crippen molar-refractivity contribution < 1.29 is 9.53 Å². The summed E-state index contributed by atoms with van der Waals surface area (Å²) in [6.07, 6.45) is 1.32. The summed E-state index contributed by atoms with van der Waals surface area (Å²) in [6, 6.07) is 0. The maximum atomic E-state index is 11.5. The molecule has 0 atom stereocenters. The molecule has 0 saturated heterocycles. The van der Waals surface area contributed by atoms with Gasteiger partial charge in [-0.05, 0) is 25.2 Å². The first-order valence-corrected chi connectivity index (χ1v) is 6.27. The molecule has 0 saturated carbocycles. The first-order valence-electron chi connectivity index (χ1n) is 6.27. The molecule has 0 aliphatic rings. The lowest BCUT2D eigenvalue weighted by Gasteiger charge is -2.23. The second kappa shape index (κ2) is 5.46. The number of carbonyl (C=O) groups is 1. The molecule has 0 aliphatic heterocycles. The van der Waals surface area contributed by atoms with Crippen molar-refractivity contribution in [3.05, 3.63) is 31.6 Å². The lowest BCUT2D eigenvalue weighted by Crippen LogP contribution is -2.44. The third-order valence-electron chi connectivity index (χ3n) is 2.87. The third-order valence-corrected chi connectivity index (χ3v) is 2.87. The van der Waals surface area contributed by atoms with Crippen LogP contribution in [0.1, 0.15) is 51.7 Å². The van der Waals surface area contributed by atoms with Gasteiger partial charge in [0.25, 0.3) is 0 Å². The van der Waals surface area contributed by atoms with Crippen LogP contribution in [0.2, 0.25) is 0 Å². The summed E-state index contributed by atoms with van der Waals surface area (Å²) in [4.78, 5) is 34.2. The summed E-state index contributed by atoms with van der Waals surface area (Å²) in [5, 5.41) is 0. The van der Waals surface area contributed by atoms with Crippen molar-refractivity contribution in [3.8, 4) is 0 Å². The Hall–Kier alpha value is -1.45. The van der Waals surface area contributed by atoms with E-state index in [0.29, 0.717) is 30.6 Å². The van der Waals surface area contributed by atoms with E-state index in [-0.39, 0.29) is 28.7 Å². The molecule has 1 aromatic rings. The Balaban J connectivity index is 2.65. The molecule has 0 spiro atoms. The summed E-state index contributed by atoms with van der Waals surface area (Å²) >= 11 is 0. The molecule has 1 rings (SSSR count). The van der Waals surface area contributed by atoms with Crippen LogP contribution in [0.25, 0.3) is 0 Å². The Morgan fingerprint density at radius 2 is 1.78 bits per heavy atom. The maximum absolute atomic E-state index is 11.5. The van der Waals surface area contributed by atoms with Gasteiger partial charge >= 0.3 is 5.97 Å². The average molecular weight is 252 g/mol. The molecule has 100 valence electrons. The molecule has 4 nitrogen and oxygen atoms in total. The van der Waals surface area contributed by atoms with E-state index in [1.807, 2.05) is 20.8 Å². The van der Waals surface area contributed by atoms with Crippen molar-refractivity contribution in [3.63, 3.8) is 0 Å². The Morgan fingerprint density at radius 3 is 2.28 bits per heavy atom. The fourth-order valence-electron chi connectivity index (χ4n) is 2.11. The molecule has 1 aromatic carbocycles. The van der Waals surface area contributed by atoms with E-state index in [0.717, 1.165) is 0 Å². The van der Waals surface area contributed by atoms with E-state index in [4.69, 9.17) is 4.74 Å². The van der Waals surface area contributed by atoms with Crippen LogP contribution in [0.5, 0.6) is 0 Å². The summed E-state index contributed by atoms with van der Waals surface area (Å²) in [5.74, 6) is -0.256. The van der Waals surface area contributed by atoms with Gasteiger partial charge in [-0.1, -0.05) is 20.8 Å². The van der Waals surface area contributed by atoms with Crippen molar-refractivity contribution in [2.24, 2.45) is 0 Å². The first-order chi connectivity index (χ1) is 8.29. The molecular formula is C14H20O4. The SMILES string of the molecule is CCOC(=O)CCCc1c(C(C)(C)C)c(=O)c1=O. The van der Waals surface area contributed by atoms with Crippen molar-refractivity contribution in [1.29, 1.82) is 0 Å². The van der Waals surface area contributed by atoms with Crippen LogP contribution in [-0.4, -0.2) is 12.6 Å². The minimum absolute atomic E-state index is 0.256. The van der Waals surface area contributed by atoms with Crippen LogP contribution in [-0.2, 0) is 21.4 Å². The smallest absolute Gasteiger partial charge is 0.305 e. The predicted octanol–water partition coefficient (Wildman–Crippen LogP) is 1.47. The van der Waals surface area contributed by atoms with Crippen LogP contribution in [0, 0.1) is 0 Å². The van der Waals surface area contributed by atoms with Gasteiger partial charge in [0, 0.05) is 17.5 Å². The predicted molar refractivity (Wildman–Crippen MR) is 69.6 cm³/mol. The second-order valence-electron chi connectivity index (χ2n) is 5.42. The van der Waals surface area contributed by atoms with Crippen LogP contribution in [0.3, 0.4) is 0 Å². The van der Waals surface area contributed by atoms with Gasteiger partial charge in [-0.2, -0.15) is 0 Å². The lowest BCUT2D eigenvalue weighted by molar-refractivity contribution is -0.143. The Kier molecular flexibility index (Phi) is 4.43. The highest BCUT2D eigenvalue weighted by Crippen LogP contribution is 2.23. The van der Waals surface area contributed by atoms with Crippen molar-refractivity contribution in [2.45, 2.75) is 52.4 Å². The molecule has 0 bridgehead atoms. The van der Waals surface area contributed by atoms with E-state index in [9.17, 15) is 14.4 Å². The van der Waals surface area contributed by atoms with Gasteiger partial charge in [-0.25, -0.2) is 0 Å². The number of ether oxygens (including phenoxy) is 1. The minimum atomic E-state index is -0.385. The highest BCUT2D eigenvalue weighted by atomic mass is 16.5. The number of carbonyl (C=O) groups excluding carboxylic acids is 1. The van der Waals surface area contributed by atoms with Gasteiger partial charge < -0.3 is 4.74 Å². The molecule has 4 heteroatoms. The highest BCUT2D eigenvalue weighted by Gasteiger charge is 2.29. The molecule has 0 N–H and O–H groups in total. The van der Waals surface area contributed by atoms with E-state index in [1.165, 1.54) is 0 Å². The molecule has 0 fully saturated rings. The number of rotatable bonds is 5. The zero-order chi connectivity index (χ0) is 13.9. The molecular weight excluding hydrogens is 232 g/mol. The topological polar surface area (TPSA) is 60.4 Å². The van der Waals surface area contributed by atoms with Crippen molar-refractivity contribution >= 4 is 5.97 Å². The van der Waals surface area contributed by atoms with Gasteiger partial charge in [-0.15, -0.1) is 0 Å². The number of hydrogen-bond acceptors (Lipinski definition) is 4. The van der Waals surface area contributed by atoms with E-state index >= 15 is 0 Å². The second-order valence-corrected chi connectivity index (χ2v) is 5.42. The van der Waals surface area contributed by atoms with Crippen LogP contribution < -0.4 is 10.9 Å². The maximum Gasteiger partial charge on any atom is 0.305 e. The third kappa shape index (κ3) is 3.06. The summed E-state index contributed by atoms with van der Waals surface area (Å²) < 4.78 is 4.81. The largest absolute Gasteiger partial charge is 0.466 e. The summed E-state index contributed by atoms with van der Waals surface area (Å²) in [6.45, 7) is 7.87. The number of esters is 1. The molecule has 18 heavy (non-hydrogen) atoms. The van der Waals surface area contributed by atoms with E-state index < -0.39 is 0 Å². The fourth-order valence-corrected chi connectivity index (χ4v) is 2.11. The van der Waals surface area contributed by atoms with E-state index in [2.05, 4.69) is 0 Å².